The lowest BCUT2D eigenvalue weighted by Crippen LogP contribution is -2.42. The maximum absolute atomic E-state index is 12.5. The Morgan fingerprint density at radius 2 is 1.82 bits per heavy atom. The molecule has 4 atom stereocenters. The summed E-state index contributed by atoms with van der Waals surface area (Å²) in [6.07, 6.45) is 3.58. The summed E-state index contributed by atoms with van der Waals surface area (Å²) in [4.78, 5) is 26.1. The molecule has 0 aliphatic carbocycles. The van der Waals surface area contributed by atoms with E-state index < -0.39 is 12.2 Å². The number of hydrogen-bond donors (Lipinski definition) is 4. The molecule has 0 unspecified atom stereocenters. The van der Waals surface area contributed by atoms with Crippen molar-refractivity contribution in [3.8, 4) is 0 Å². The molecule has 10 nitrogen and oxygen atoms in total. The fourth-order valence-electron chi connectivity index (χ4n) is 5.42. The van der Waals surface area contributed by atoms with Gasteiger partial charge in [0.05, 0.1) is 25.4 Å². The SMILES string of the molecule is COC[C@@H]1CCCN1C[C@@H]1C[C@H](c2ccc(CO)cc2)O[C@H](c2cccc(NC(=O)CCCCC(=O)NO)c2)O1. The van der Waals surface area contributed by atoms with E-state index in [1.165, 1.54) is 0 Å². The molecule has 2 aromatic rings. The number of anilines is 1. The monoisotopic (exact) mass is 555 g/mol. The van der Waals surface area contributed by atoms with Gasteiger partial charge in [0.2, 0.25) is 11.8 Å². The number of hydroxylamine groups is 1. The molecule has 4 N–H and O–H groups in total. The average Bonchev–Trinajstić information content (AvgIpc) is 3.41. The van der Waals surface area contributed by atoms with Gasteiger partial charge in [0.15, 0.2) is 6.29 Å². The summed E-state index contributed by atoms with van der Waals surface area (Å²) in [6.45, 7) is 2.49. The van der Waals surface area contributed by atoms with Crippen LogP contribution < -0.4 is 10.8 Å². The van der Waals surface area contributed by atoms with Crippen molar-refractivity contribution in [1.82, 2.24) is 10.4 Å². The third kappa shape index (κ3) is 8.57. The number of aliphatic hydroxyl groups is 1. The number of unbranched alkanes of at least 4 members (excludes halogenated alkanes) is 1. The number of carbonyl (C=O) groups excluding carboxylic acids is 2. The van der Waals surface area contributed by atoms with E-state index in [1.807, 2.05) is 48.5 Å². The first-order valence-corrected chi connectivity index (χ1v) is 14.1. The molecule has 2 amide bonds. The number of likely N-dealkylation sites (tertiary alicyclic amines) is 1. The van der Waals surface area contributed by atoms with Gasteiger partial charge in [0.1, 0.15) is 0 Å². The van der Waals surface area contributed by atoms with Gasteiger partial charge in [-0.2, -0.15) is 0 Å². The highest BCUT2D eigenvalue weighted by Gasteiger charge is 2.35. The summed E-state index contributed by atoms with van der Waals surface area (Å²) >= 11 is 0. The van der Waals surface area contributed by atoms with Crippen molar-refractivity contribution in [3.05, 3.63) is 65.2 Å². The summed E-state index contributed by atoms with van der Waals surface area (Å²) in [6, 6.07) is 15.7. The highest BCUT2D eigenvalue weighted by molar-refractivity contribution is 5.90. The summed E-state index contributed by atoms with van der Waals surface area (Å²) in [5, 5.41) is 21.0. The third-order valence-electron chi connectivity index (χ3n) is 7.54. The first-order valence-electron chi connectivity index (χ1n) is 14.1. The number of ether oxygens (including phenoxy) is 3. The highest BCUT2D eigenvalue weighted by atomic mass is 16.7. The zero-order chi connectivity index (χ0) is 28.3. The van der Waals surface area contributed by atoms with Crippen molar-refractivity contribution in [2.24, 2.45) is 0 Å². The van der Waals surface area contributed by atoms with Gasteiger partial charge in [-0.1, -0.05) is 36.4 Å². The van der Waals surface area contributed by atoms with Gasteiger partial charge in [-0.25, -0.2) is 5.48 Å². The van der Waals surface area contributed by atoms with Gasteiger partial charge >= 0.3 is 0 Å². The molecule has 4 rings (SSSR count). The third-order valence-corrected chi connectivity index (χ3v) is 7.54. The van der Waals surface area contributed by atoms with Gasteiger partial charge in [-0.3, -0.25) is 19.7 Å². The molecule has 0 bridgehead atoms. The molecule has 40 heavy (non-hydrogen) atoms. The van der Waals surface area contributed by atoms with Crippen LogP contribution in [-0.4, -0.2) is 66.0 Å². The molecule has 0 saturated carbocycles. The molecule has 2 aliphatic heterocycles. The molecule has 2 aromatic carbocycles. The van der Waals surface area contributed by atoms with Crippen molar-refractivity contribution < 1.29 is 34.1 Å². The lowest BCUT2D eigenvalue weighted by atomic mass is 9.99. The summed E-state index contributed by atoms with van der Waals surface area (Å²) in [7, 11) is 1.74. The van der Waals surface area contributed by atoms with E-state index in [4.69, 9.17) is 19.4 Å². The highest BCUT2D eigenvalue weighted by Crippen LogP contribution is 2.39. The number of nitrogens with zero attached hydrogens (tertiary/aromatic N) is 1. The molecule has 0 aromatic heterocycles. The minimum Gasteiger partial charge on any atom is -0.392 e. The molecule has 2 fully saturated rings. The first-order chi connectivity index (χ1) is 19.5. The number of carbonyl (C=O) groups is 2. The summed E-state index contributed by atoms with van der Waals surface area (Å²) < 4.78 is 18.4. The van der Waals surface area contributed by atoms with Crippen molar-refractivity contribution in [2.45, 2.75) is 76.1 Å². The van der Waals surface area contributed by atoms with Crippen LogP contribution in [0.1, 0.15) is 74.0 Å². The average molecular weight is 556 g/mol. The maximum Gasteiger partial charge on any atom is 0.243 e. The maximum atomic E-state index is 12.5. The Morgan fingerprint density at radius 3 is 2.55 bits per heavy atom. The minimum atomic E-state index is -0.612. The number of amides is 2. The van der Waals surface area contributed by atoms with Crippen molar-refractivity contribution >= 4 is 17.5 Å². The predicted octanol–water partition coefficient (Wildman–Crippen LogP) is 3.84. The standard InChI is InChI=1S/C30H41N3O7/c1-38-20-25-8-5-15-33(25)18-26-17-27(22-13-11-21(19-34)12-14-22)40-30(39-26)23-6-4-7-24(16-23)31-28(35)9-2-3-10-29(36)32-37/h4,6-7,11-14,16,25-27,30,34,37H,2-3,5,8-10,15,17-20H2,1H3,(H,31,35)(H,32,36)/t25-,26-,27+,30+/m0/s1. The molecule has 0 spiro atoms. The molecule has 2 aliphatic rings. The zero-order valence-electron chi connectivity index (χ0n) is 23.1. The largest absolute Gasteiger partial charge is 0.392 e. The van der Waals surface area contributed by atoms with Gasteiger partial charge in [-0.05, 0) is 55.5 Å². The van der Waals surface area contributed by atoms with Crippen LogP contribution in [0.25, 0.3) is 0 Å². The second-order valence-electron chi connectivity index (χ2n) is 10.5. The second-order valence-corrected chi connectivity index (χ2v) is 10.5. The fraction of sp³-hybridized carbons (Fsp3) is 0.533. The Labute approximate surface area is 235 Å². The van der Waals surface area contributed by atoms with Crippen LogP contribution in [0.5, 0.6) is 0 Å². The van der Waals surface area contributed by atoms with Crippen LogP contribution in [0.4, 0.5) is 5.69 Å². The minimum absolute atomic E-state index is 0.00742. The van der Waals surface area contributed by atoms with Crippen LogP contribution in [0, 0.1) is 0 Å². The Balaban J connectivity index is 1.44. The molecular weight excluding hydrogens is 514 g/mol. The van der Waals surface area contributed by atoms with E-state index in [9.17, 15) is 14.7 Å². The Kier molecular flexibility index (Phi) is 11.5. The van der Waals surface area contributed by atoms with E-state index in [0.717, 1.165) is 42.6 Å². The van der Waals surface area contributed by atoms with Gasteiger partial charge in [-0.15, -0.1) is 0 Å². The van der Waals surface area contributed by atoms with Gasteiger partial charge in [0.25, 0.3) is 0 Å². The van der Waals surface area contributed by atoms with Crippen molar-refractivity contribution in [3.63, 3.8) is 0 Å². The van der Waals surface area contributed by atoms with Crippen molar-refractivity contribution in [2.75, 3.05) is 32.1 Å². The van der Waals surface area contributed by atoms with E-state index in [1.54, 1.807) is 12.6 Å². The van der Waals surface area contributed by atoms with Crippen LogP contribution in [-0.2, 0) is 30.4 Å². The van der Waals surface area contributed by atoms with E-state index in [-0.39, 0.29) is 37.6 Å². The quantitative estimate of drug-likeness (QED) is 0.167. The Morgan fingerprint density at radius 1 is 1.05 bits per heavy atom. The van der Waals surface area contributed by atoms with E-state index in [2.05, 4.69) is 10.2 Å². The Bertz CT molecular complexity index is 1100. The molecule has 10 heteroatoms. The summed E-state index contributed by atoms with van der Waals surface area (Å²) in [5.41, 5.74) is 4.94. The van der Waals surface area contributed by atoms with Crippen LogP contribution in [0.3, 0.4) is 0 Å². The fourth-order valence-corrected chi connectivity index (χ4v) is 5.42. The molecule has 0 radical (unpaired) electrons. The predicted molar refractivity (Wildman–Crippen MR) is 148 cm³/mol. The molecule has 2 saturated heterocycles. The molecule has 218 valence electrons. The lowest BCUT2D eigenvalue weighted by Gasteiger charge is -2.39. The number of aliphatic hydroxyl groups excluding tert-OH is 1. The first kappa shape index (κ1) is 30.1. The van der Waals surface area contributed by atoms with Crippen LogP contribution in [0.2, 0.25) is 0 Å². The van der Waals surface area contributed by atoms with Crippen LogP contribution >= 0.6 is 0 Å². The number of hydrogen-bond acceptors (Lipinski definition) is 8. The van der Waals surface area contributed by atoms with E-state index >= 15 is 0 Å². The number of benzene rings is 2. The molecular formula is C30H41N3O7. The van der Waals surface area contributed by atoms with Crippen molar-refractivity contribution in [1.29, 1.82) is 0 Å². The number of nitrogens with one attached hydrogen (secondary N) is 2. The smallest absolute Gasteiger partial charge is 0.243 e. The lowest BCUT2D eigenvalue weighted by molar-refractivity contribution is -0.253. The summed E-state index contributed by atoms with van der Waals surface area (Å²) in [5.74, 6) is -0.606. The topological polar surface area (TPSA) is 130 Å². The van der Waals surface area contributed by atoms with E-state index in [0.29, 0.717) is 37.6 Å². The van der Waals surface area contributed by atoms with Gasteiger partial charge in [0, 0.05) is 50.2 Å². The number of rotatable bonds is 13. The second kappa shape index (κ2) is 15.2. The van der Waals surface area contributed by atoms with Gasteiger partial charge < -0.3 is 24.6 Å². The molecule has 2 heterocycles. The Hall–Kier alpha value is -2.86. The zero-order valence-corrected chi connectivity index (χ0v) is 23.1. The number of methoxy groups -OCH3 is 1. The van der Waals surface area contributed by atoms with Crippen LogP contribution in [0.15, 0.2) is 48.5 Å². The normalized spacial score (nSPS) is 23.2.